The highest BCUT2D eigenvalue weighted by molar-refractivity contribution is 6.07. The lowest BCUT2D eigenvalue weighted by molar-refractivity contribution is -0.140. The van der Waals surface area contributed by atoms with Gasteiger partial charge in [-0.15, -0.1) is 0 Å². The molecule has 0 N–H and O–H groups in total. The lowest BCUT2D eigenvalue weighted by Gasteiger charge is -2.37. The number of hydrogen-bond donors (Lipinski definition) is 0. The second kappa shape index (κ2) is 5.78. The molecule has 5 heteroatoms. The largest absolute Gasteiger partial charge is 0.294 e. The standard InChI is InChI=1S/C22H24N2O3/c1-3-13-4-6-14(7-5-13)23(12(2)25)11-24-21(26)19-15-8-9-16(18-10-17(15)18)20(19)22(24)27/h4-9,15-20H,3,10-11H2,1-2H3/t15-,16+,17-,18-,19+,20-/m1/s1. The van der Waals surface area contributed by atoms with Crippen LogP contribution in [0.4, 0.5) is 5.69 Å². The molecule has 0 spiro atoms. The summed E-state index contributed by atoms with van der Waals surface area (Å²) in [5.74, 6) is 0.810. The summed E-state index contributed by atoms with van der Waals surface area (Å²) < 4.78 is 0. The Hall–Kier alpha value is -2.43. The lowest BCUT2D eigenvalue weighted by Crippen LogP contribution is -2.44. The van der Waals surface area contributed by atoms with Crippen molar-refractivity contribution in [2.45, 2.75) is 26.7 Å². The van der Waals surface area contributed by atoms with Crippen molar-refractivity contribution < 1.29 is 14.4 Å². The van der Waals surface area contributed by atoms with Crippen LogP contribution >= 0.6 is 0 Å². The van der Waals surface area contributed by atoms with Crippen molar-refractivity contribution in [2.24, 2.45) is 35.5 Å². The fraction of sp³-hybridized carbons (Fsp3) is 0.500. The van der Waals surface area contributed by atoms with Gasteiger partial charge in [0, 0.05) is 12.6 Å². The summed E-state index contributed by atoms with van der Waals surface area (Å²) in [7, 11) is 0. The van der Waals surface area contributed by atoms with Gasteiger partial charge in [0.05, 0.1) is 11.8 Å². The van der Waals surface area contributed by atoms with Gasteiger partial charge in [0.15, 0.2) is 0 Å². The zero-order valence-corrected chi connectivity index (χ0v) is 15.7. The van der Waals surface area contributed by atoms with E-state index < -0.39 is 0 Å². The van der Waals surface area contributed by atoms with Crippen molar-refractivity contribution in [1.82, 2.24) is 4.90 Å². The van der Waals surface area contributed by atoms with Gasteiger partial charge in [-0.05, 0) is 54.2 Å². The number of carbonyl (C=O) groups excluding carboxylic acids is 3. The lowest BCUT2D eigenvalue weighted by atomic mass is 9.63. The summed E-state index contributed by atoms with van der Waals surface area (Å²) in [5.41, 5.74) is 1.91. The highest BCUT2D eigenvalue weighted by Gasteiger charge is 2.67. The number of imide groups is 1. The minimum absolute atomic E-state index is 0.0141. The maximum absolute atomic E-state index is 13.1. The molecule has 2 saturated carbocycles. The first-order chi connectivity index (χ1) is 13.0. The Balaban J connectivity index is 1.42. The van der Waals surface area contributed by atoms with E-state index in [1.807, 2.05) is 24.3 Å². The molecule has 1 aromatic rings. The van der Waals surface area contributed by atoms with Crippen molar-refractivity contribution in [2.75, 3.05) is 11.6 Å². The number of allylic oxidation sites excluding steroid dienone is 2. The molecule has 3 fully saturated rings. The summed E-state index contributed by atoms with van der Waals surface area (Å²) >= 11 is 0. The fourth-order valence-corrected chi connectivity index (χ4v) is 5.57. The van der Waals surface area contributed by atoms with Crippen LogP contribution in [0.25, 0.3) is 0 Å². The number of nitrogens with zero attached hydrogens (tertiary/aromatic N) is 2. The second-order valence-corrected chi connectivity index (χ2v) is 8.37. The van der Waals surface area contributed by atoms with Gasteiger partial charge < -0.3 is 0 Å². The van der Waals surface area contributed by atoms with E-state index in [2.05, 4.69) is 19.1 Å². The van der Waals surface area contributed by atoms with E-state index in [1.54, 1.807) is 0 Å². The molecule has 3 amide bonds. The Morgan fingerprint density at radius 2 is 1.59 bits per heavy atom. The van der Waals surface area contributed by atoms with Crippen LogP contribution in [0.2, 0.25) is 0 Å². The van der Waals surface area contributed by atoms with Gasteiger partial charge in [-0.3, -0.25) is 24.2 Å². The van der Waals surface area contributed by atoms with Gasteiger partial charge in [0.2, 0.25) is 17.7 Å². The molecule has 1 aromatic carbocycles. The van der Waals surface area contributed by atoms with Gasteiger partial charge in [-0.25, -0.2) is 0 Å². The molecular weight excluding hydrogens is 340 g/mol. The second-order valence-electron chi connectivity index (χ2n) is 8.37. The average Bonchev–Trinajstić information content (AvgIpc) is 3.46. The quantitative estimate of drug-likeness (QED) is 0.610. The van der Waals surface area contributed by atoms with Crippen molar-refractivity contribution in [3.63, 3.8) is 0 Å². The third-order valence-corrected chi connectivity index (χ3v) is 7.07. The van der Waals surface area contributed by atoms with Crippen LogP contribution < -0.4 is 4.90 Å². The molecule has 5 aliphatic rings. The Morgan fingerprint density at radius 1 is 1.04 bits per heavy atom. The highest BCUT2D eigenvalue weighted by atomic mass is 16.2. The molecule has 2 bridgehead atoms. The average molecular weight is 364 g/mol. The summed E-state index contributed by atoms with van der Waals surface area (Å²) in [4.78, 5) is 41.4. The first-order valence-corrected chi connectivity index (χ1v) is 9.92. The van der Waals surface area contributed by atoms with Gasteiger partial charge >= 0.3 is 0 Å². The van der Waals surface area contributed by atoms with Gasteiger partial charge in [-0.2, -0.15) is 0 Å². The Bertz CT molecular complexity index is 823. The monoisotopic (exact) mass is 364 g/mol. The van der Waals surface area contributed by atoms with Gasteiger partial charge in [-0.1, -0.05) is 31.2 Å². The van der Waals surface area contributed by atoms with E-state index in [0.717, 1.165) is 18.5 Å². The highest BCUT2D eigenvalue weighted by Crippen LogP contribution is 2.65. The van der Waals surface area contributed by atoms with E-state index in [-0.39, 0.29) is 48.1 Å². The molecule has 5 nitrogen and oxygen atoms in total. The minimum atomic E-state index is -0.215. The van der Waals surface area contributed by atoms with Crippen molar-refractivity contribution in [1.29, 1.82) is 0 Å². The van der Waals surface area contributed by atoms with E-state index in [0.29, 0.717) is 11.8 Å². The number of carbonyl (C=O) groups is 3. The maximum Gasteiger partial charge on any atom is 0.235 e. The van der Waals surface area contributed by atoms with Crippen LogP contribution in [0.3, 0.4) is 0 Å². The molecule has 27 heavy (non-hydrogen) atoms. The van der Waals surface area contributed by atoms with Crippen LogP contribution in [0.15, 0.2) is 36.4 Å². The summed E-state index contributed by atoms with van der Waals surface area (Å²) in [5, 5.41) is 0. The first kappa shape index (κ1) is 16.7. The van der Waals surface area contributed by atoms with Gasteiger partial charge in [0.25, 0.3) is 0 Å². The smallest absolute Gasteiger partial charge is 0.235 e. The van der Waals surface area contributed by atoms with Crippen LogP contribution in [-0.2, 0) is 20.8 Å². The number of amides is 3. The molecule has 1 aliphatic heterocycles. The molecule has 0 aromatic heterocycles. The number of anilines is 1. The van der Waals surface area contributed by atoms with Crippen molar-refractivity contribution in [3.05, 3.63) is 42.0 Å². The number of rotatable bonds is 4. The molecule has 1 heterocycles. The molecule has 0 unspecified atom stereocenters. The predicted molar refractivity (Wildman–Crippen MR) is 100 cm³/mol. The van der Waals surface area contributed by atoms with E-state index in [1.165, 1.54) is 22.3 Å². The Morgan fingerprint density at radius 3 is 2.07 bits per heavy atom. The summed E-state index contributed by atoms with van der Waals surface area (Å²) in [6.45, 7) is 3.57. The Kier molecular flexibility index (Phi) is 3.58. The SMILES string of the molecule is CCc1ccc(N(CN2C(=O)[C@@H]3[C@H]4C=C[C@H]([C@H]5C[C@H]45)[C@@H]3C2=O)C(C)=O)cc1. The third-order valence-electron chi connectivity index (χ3n) is 7.07. The molecular formula is C22H24N2O3. The topological polar surface area (TPSA) is 57.7 Å². The number of hydrogen-bond acceptors (Lipinski definition) is 3. The molecule has 0 radical (unpaired) electrons. The normalized spacial score (nSPS) is 35.3. The molecule has 6 rings (SSSR count). The van der Waals surface area contributed by atoms with E-state index >= 15 is 0 Å². The van der Waals surface area contributed by atoms with Gasteiger partial charge in [0.1, 0.15) is 6.67 Å². The summed E-state index contributed by atoms with van der Waals surface area (Å²) in [6.07, 6.45) is 6.41. The zero-order valence-electron chi connectivity index (χ0n) is 15.7. The van der Waals surface area contributed by atoms with E-state index in [9.17, 15) is 14.4 Å². The van der Waals surface area contributed by atoms with Crippen molar-refractivity contribution >= 4 is 23.4 Å². The van der Waals surface area contributed by atoms with Crippen LogP contribution in [0.1, 0.15) is 25.8 Å². The van der Waals surface area contributed by atoms with Crippen molar-refractivity contribution in [3.8, 4) is 0 Å². The number of likely N-dealkylation sites (tertiary alicyclic amines) is 1. The Labute approximate surface area is 159 Å². The predicted octanol–water partition coefficient (Wildman–Crippen LogP) is 2.61. The number of benzene rings is 1. The number of aryl methyl sites for hydroxylation is 1. The van der Waals surface area contributed by atoms with Crippen LogP contribution in [0, 0.1) is 35.5 Å². The summed E-state index contributed by atoms with van der Waals surface area (Å²) in [6, 6.07) is 7.74. The zero-order chi connectivity index (χ0) is 18.9. The van der Waals surface area contributed by atoms with E-state index in [4.69, 9.17) is 0 Å². The third kappa shape index (κ3) is 2.33. The molecule has 140 valence electrons. The molecule has 1 saturated heterocycles. The fourth-order valence-electron chi connectivity index (χ4n) is 5.57. The molecule has 6 atom stereocenters. The van der Waals surface area contributed by atoms with Crippen LogP contribution in [-0.4, -0.2) is 29.3 Å². The first-order valence-electron chi connectivity index (χ1n) is 9.92. The van der Waals surface area contributed by atoms with Crippen LogP contribution in [0.5, 0.6) is 0 Å². The maximum atomic E-state index is 13.1. The molecule has 4 aliphatic carbocycles. The minimum Gasteiger partial charge on any atom is -0.294 e.